The summed E-state index contributed by atoms with van der Waals surface area (Å²) < 4.78 is 0. The van der Waals surface area contributed by atoms with Crippen LogP contribution >= 0.6 is 0 Å². The van der Waals surface area contributed by atoms with Gasteiger partial charge in [0, 0.05) is 19.6 Å². The first-order valence-electron chi connectivity index (χ1n) is 6.33. The van der Waals surface area contributed by atoms with Gasteiger partial charge in [0.25, 0.3) is 0 Å². The number of aliphatic carboxylic acids is 1. The van der Waals surface area contributed by atoms with Gasteiger partial charge in [-0.15, -0.1) is 0 Å². The van der Waals surface area contributed by atoms with Gasteiger partial charge >= 0.3 is 12.0 Å². The highest BCUT2D eigenvalue weighted by Gasteiger charge is 2.49. The largest absolute Gasteiger partial charge is 0.479 e. The normalized spacial score (nSPS) is 23.8. The maximum Gasteiger partial charge on any atom is 0.329 e. The fourth-order valence-corrected chi connectivity index (χ4v) is 2.56. The van der Waals surface area contributed by atoms with Gasteiger partial charge in [-0.25, -0.2) is 9.59 Å². The van der Waals surface area contributed by atoms with Crippen LogP contribution in [0.3, 0.4) is 0 Å². The van der Waals surface area contributed by atoms with Crippen LogP contribution in [0.15, 0.2) is 0 Å². The van der Waals surface area contributed by atoms with Crippen molar-refractivity contribution in [2.75, 3.05) is 19.6 Å². The van der Waals surface area contributed by atoms with Crippen molar-refractivity contribution in [3.8, 4) is 0 Å². The van der Waals surface area contributed by atoms with E-state index in [2.05, 4.69) is 0 Å². The lowest BCUT2D eigenvalue weighted by Crippen LogP contribution is -2.56. The highest BCUT2D eigenvalue weighted by molar-refractivity contribution is 5.87. The summed E-state index contributed by atoms with van der Waals surface area (Å²) in [6, 6.07) is -0.142. The van der Waals surface area contributed by atoms with E-state index in [-0.39, 0.29) is 6.03 Å². The van der Waals surface area contributed by atoms with Crippen molar-refractivity contribution in [2.24, 2.45) is 0 Å². The van der Waals surface area contributed by atoms with Gasteiger partial charge in [-0.05, 0) is 33.1 Å². The third-order valence-corrected chi connectivity index (χ3v) is 3.74. The molecule has 1 aliphatic rings. The van der Waals surface area contributed by atoms with Crippen molar-refractivity contribution in [3.63, 3.8) is 0 Å². The van der Waals surface area contributed by atoms with Crippen molar-refractivity contribution < 1.29 is 14.7 Å². The molecule has 1 N–H and O–H groups in total. The van der Waals surface area contributed by atoms with Gasteiger partial charge in [0.15, 0.2) is 0 Å². The summed E-state index contributed by atoms with van der Waals surface area (Å²) in [5, 5.41) is 9.40. The molecule has 17 heavy (non-hydrogen) atoms. The molecule has 0 saturated carbocycles. The second-order valence-corrected chi connectivity index (χ2v) is 4.40. The summed E-state index contributed by atoms with van der Waals surface area (Å²) in [5.41, 5.74) is -0.986. The van der Waals surface area contributed by atoms with E-state index in [9.17, 15) is 14.7 Å². The van der Waals surface area contributed by atoms with Crippen LogP contribution in [0.4, 0.5) is 4.79 Å². The van der Waals surface area contributed by atoms with Crippen LogP contribution in [0, 0.1) is 0 Å². The number of amides is 2. The average Bonchev–Trinajstić information content (AvgIpc) is 2.75. The van der Waals surface area contributed by atoms with E-state index < -0.39 is 11.5 Å². The Labute approximate surface area is 102 Å². The Morgan fingerprint density at radius 1 is 1.29 bits per heavy atom. The second kappa shape index (κ2) is 5.38. The number of carbonyl (C=O) groups excluding carboxylic acids is 1. The lowest BCUT2D eigenvalue weighted by Gasteiger charge is -2.37. The molecule has 2 amide bonds. The highest BCUT2D eigenvalue weighted by Crippen LogP contribution is 2.33. The minimum atomic E-state index is -0.986. The number of carbonyl (C=O) groups is 2. The number of urea groups is 1. The summed E-state index contributed by atoms with van der Waals surface area (Å²) in [6.07, 6.45) is 1.80. The lowest BCUT2D eigenvalue weighted by molar-refractivity contribution is -0.148. The smallest absolute Gasteiger partial charge is 0.329 e. The molecule has 98 valence electrons. The van der Waals surface area contributed by atoms with Crippen LogP contribution in [0.25, 0.3) is 0 Å². The van der Waals surface area contributed by atoms with Crippen LogP contribution in [-0.2, 0) is 4.79 Å². The van der Waals surface area contributed by atoms with E-state index in [0.29, 0.717) is 32.5 Å². The Bertz CT molecular complexity index is 302. The van der Waals surface area contributed by atoms with E-state index >= 15 is 0 Å². The Morgan fingerprint density at radius 3 is 2.29 bits per heavy atom. The molecule has 0 aliphatic carbocycles. The molecule has 1 rings (SSSR count). The van der Waals surface area contributed by atoms with Gasteiger partial charge in [-0.2, -0.15) is 0 Å². The summed E-state index contributed by atoms with van der Waals surface area (Å²) >= 11 is 0. The Hall–Kier alpha value is -1.26. The summed E-state index contributed by atoms with van der Waals surface area (Å²) in [4.78, 5) is 27.0. The van der Waals surface area contributed by atoms with E-state index in [4.69, 9.17) is 0 Å². The number of hydrogen-bond donors (Lipinski definition) is 1. The van der Waals surface area contributed by atoms with Gasteiger partial charge in [0.1, 0.15) is 5.54 Å². The molecule has 1 atom stereocenters. The third-order valence-electron chi connectivity index (χ3n) is 3.74. The van der Waals surface area contributed by atoms with Crippen LogP contribution in [0.1, 0.15) is 40.0 Å². The van der Waals surface area contributed by atoms with Crippen LogP contribution in [0.5, 0.6) is 0 Å². The average molecular weight is 242 g/mol. The molecule has 0 aromatic heterocycles. The lowest BCUT2D eigenvalue weighted by atomic mass is 9.93. The first kappa shape index (κ1) is 13.8. The molecular formula is C12H22N2O3. The molecule has 0 aromatic rings. The summed E-state index contributed by atoms with van der Waals surface area (Å²) in [6.45, 7) is 7.44. The van der Waals surface area contributed by atoms with Gasteiger partial charge in [0.2, 0.25) is 0 Å². The van der Waals surface area contributed by atoms with Crippen molar-refractivity contribution >= 4 is 12.0 Å². The van der Waals surface area contributed by atoms with E-state index in [1.165, 1.54) is 0 Å². The zero-order valence-electron chi connectivity index (χ0n) is 10.9. The van der Waals surface area contributed by atoms with Crippen molar-refractivity contribution in [2.45, 2.75) is 45.6 Å². The Kier molecular flexibility index (Phi) is 4.37. The number of rotatable bonds is 4. The molecule has 0 aromatic carbocycles. The first-order valence-corrected chi connectivity index (χ1v) is 6.33. The molecule has 1 heterocycles. The summed E-state index contributed by atoms with van der Waals surface area (Å²) in [7, 11) is 0. The quantitative estimate of drug-likeness (QED) is 0.817. The molecule has 1 saturated heterocycles. The van der Waals surface area contributed by atoms with E-state index in [0.717, 1.165) is 6.42 Å². The monoisotopic (exact) mass is 242 g/mol. The molecule has 5 heteroatoms. The number of nitrogens with zero attached hydrogens (tertiary/aromatic N) is 2. The van der Waals surface area contributed by atoms with Gasteiger partial charge in [-0.1, -0.05) is 6.92 Å². The van der Waals surface area contributed by atoms with Crippen LogP contribution in [-0.4, -0.2) is 52.1 Å². The highest BCUT2D eigenvalue weighted by atomic mass is 16.4. The molecule has 1 fully saturated rings. The molecular weight excluding hydrogens is 220 g/mol. The molecule has 1 unspecified atom stereocenters. The van der Waals surface area contributed by atoms with Crippen LogP contribution < -0.4 is 0 Å². The predicted molar refractivity (Wildman–Crippen MR) is 64.9 cm³/mol. The fraction of sp³-hybridized carbons (Fsp3) is 0.833. The molecule has 0 spiro atoms. The molecule has 0 radical (unpaired) electrons. The van der Waals surface area contributed by atoms with E-state index in [1.54, 1.807) is 9.80 Å². The third kappa shape index (κ3) is 2.23. The standard InChI is InChI=1S/C12H22N2O3/c1-4-12(10(15)16)8-7-9-14(12)11(17)13(5-2)6-3/h4-9H2,1-3H3,(H,15,16). The Balaban J connectivity index is 2.95. The van der Waals surface area contributed by atoms with Gasteiger partial charge in [0.05, 0.1) is 0 Å². The number of carboxylic acid groups (broad SMARTS) is 1. The van der Waals surface area contributed by atoms with Gasteiger partial charge in [-0.3, -0.25) is 0 Å². The van der Waals surface area contributed by atoms with E-state index in [1.807, 2.05) is 20.8 Å². The first-order chi connectivity index (χ1) is 8.03. The molecule has 5 nitrogen and oxygen atoms in total. The topological polar surface area (TPSA) is 60.9 Å². The Morgan fingerprint density at radius 2 is 1.88 bits per heavy atom. The predicted octanol–water partition coefficient (Wildman–Crippen LogP) is 1.78. The molecule has 0 bridgehead atoms. The maximum absolute atomic E-state index is 12.3. The number of likely N-dealkylation sites (tertiary alicyclic amines) is 1. The molecule has 1 aliphatic heterocycles. The van der Waals surface area contributed by atoms with Crippen molar-refractivity contribution in [3.05, 3.63) is 0 Å². The fourth-order valence-electron chi connectivity index (χ4n) is 2.56. The SMILES string of the molecule is CCN(CC)C(=O)N1CCCC1(CC)C(=O)O. The number of hydrogen-bond acceptors (Lipinski definition) is 2. The number of carboxylic acids is 1. The zero-order chi connectivity index (χ0) is 13.1. The van der Waals surface area contributed by atoms with Crippen LogP contribution in [0.2, 0.25) is 0 Å². The maximum atomic E-state index is 12.3. The van der Waals surface area contributed by atoms with Gasteiger partial charge < -0.3 is 14.9 Å². The minimum Gasteiger partial charge on any atom is -0.479 e. The van der Waals surface area contributed by atoms with Crippen molar-refractivity contribution in [1.29, 1.82) is 0 Å². The second-order valence-electron chi connectivity index (χ2n) is 4.40. The van der Waals surface area contributed by atoms with Crippen molar-refractivity contribution in [1.82, 2.24) is 9.80 Å². The minimum absolute atomic E-state index is 0.142. The zero-order valence-corrected chi connectivity index (χ0v) is 10.9. The summed E-state index contributed by atoms with van der Waals surface area (Å²) in [5.74, 6) is -0.877.